The minimum Gasteiger partial charge on any atom is -0.491 e. The molecule has 5 heteroatoms. The zero-order valence-corrected chi connectivity index (χ0v) is 14.8. The van der Waals surface area contributed by atoms with Gasteiger partial charge < -0.3 is 4.74 Å². The molecule has 0 spiro atoms. The maximum atomic E-state index is 12.7. The van der Waals surface area contributed by atoms with E-state index in [1.165, 1.54) is 4.90 Å². The average Bonchev–Trinajstić information content (AvgIpc) is 2.80. The number of halogens is 1. The maximum absolute atomic E-state index is 12.7. The van der Waals surface area contributed by atoms with Crippen LogP contribution in [0.25, 0.3) is 5.57 Å². The lowest BCUT2D eigenvalue weighted by molar-refractivity contribution is -0.137. The SMILES string of the molecule is CC(C)Oc1ccc(C2=C(Cl)C(=O)N(Cc3ccccc3)C2=O)cc1. The third-order valence-corrected chi connectivity index (χ3v) is 4.16. The number of ether oxygens (including phenoxy) is 1. The smallest absolute Gasteiger partial charge is 0.273 e. The van der Waals surface area contributed by atoms with Crippen molar-refractivity contribution in [1.29, 1.82) is 0 Å². The van der Waals surface area contributed by atoms with E-state index in [4.69, 9.17) is 16.3 Å². The fraction of sp³-hybridized carbons (Fsp3) is 0.200. The Labute approximate surface area is 151 Å². The largest absolute Gasteiger partial charge is 0.491 e. The van der Waals surface area contributed by atoms with Crippen molar-refractivity contribution in [3.63, 3.8) is 0 Å². The van der Waals surface area contributed by atoms with E-state index in [1.54, 1.807) is 24.3 Å². The van der Waals surface area contributed by atoms with Gasteiger partial charge in [0.1, 0.15) is 10.8 Å². The first-order chi connectivity index (χ1) is 12.0. The molecule has 0 atom stereocenters. The zero-order chi connectivity index (χ0) is 18.0. The Morgan fingerprint density at radius 3 is 2.20 bits per heavy atom. The van der Waals surface area contributed by atoms with Gasteiger partial charge in [-0.3, -0.25) is 14.5 Å². The van der Waals surface area contributed by atoms with Gasteiger partial charge in [0.25, 0.3) is 11.8 Å². The molecule has 2 amide bonds. The molecule has 0 radical (unpaired) electrons. The fourth-order valence-electron chi connectivity index (χ4n) is 2.68. The lowest BCUT2D eigenvalue weighted by Crippen LogP contribution is -2.30. The molecule has 4 nitrogen and oxygen atoms in total. The molecule has 1 heterocycles. The van der Waals surface area contributed by atoms with E-state index in [2.05, 4.69) is 0 Å². The molecule has 128 valence electrons. The van der Waals surface area contributed by atoms with Crippen molar-refractivity contribution >= 4 is 29.0 Å². The van der Waals surface area contributed by atoms with Gasteiger partial charge >= 0.3 is 0 Å². The van der Waals surface area contributed by atoms with E-state index in [9.17, 15) is 9.59 Å². The molecular formula is C20H18ClNO3. The number of hydrogen-bond donors (Lipinski definition) is 0. The minimum absolute atomic E-state index is 0.0431. The van der Waals surface area contributed by atoms with E-state index in [0.717, 1.165) is 5.56 Å². The van der Waals surface area contributed by atoms with Gasteiger partial charge in [0.2, 0.25) is 0 Å². The second kappa shape index (κ2) is 7.11. The van der Waals surface area contributed by atoms with Gasteiger partial charge in [-0.05, 0) is 37.1 Å². The van der Waals surface area contributed by atoms with Crippen molar-refractivity contribution in [2.45, 2.75) is 26.5 Å². The molecule has 0 aliphatic carbocycles. The summed E-state index contributed by atoms with van der Waals surface area (Å²) in [5, 5.41) is -0.0431. The summed E-state index contributed by atoms with van der Waals surface area (Å²) in [6.07, 6.45) is 0.0599. The third-order valence-electron chi connectivity index (χ3n) is 3.81. The molecule has 0 bridgehead atoms. The van der Waals surface area contributed by atoms with Crippen molar-refractivity contribution < 1.29 is 14.3 Å². The van der Waals surface area contributed by atoms with E-state index in [-0.39, 0.29) is 29.2 Å². The van der Waals surface area contributed by atoms with Crippen LogP contribution in [0.5, 0.6) is 5.75 Å². The van der Waals surface area contributed by atoms with Crippen LogP contribution < -0.4 is 4.74 Å². The van der Waals surface area contributed by atoms with Gasteiger partial charge in [-0.15, -0.1) is 0 Å². The molecule has 3 rings (SSSR count). The van der Waals surface area contributed by atoms with Crippen LogP contribution in [0.4, 0.5) is 0 Å². The Kier molecular flexibility index (Phi) is 4.91. The normalized spacial score (nSPS) is 14.6. The molecule has 1 aliphatic heterocycles. The first-order valence-electron chi connectivity index (χ1n) is 8.04. The molecule has 25 heavy (non-hydrogen) atoms. The molecule has 0 saturated carbocycles. The molecule has 0 N–H and O–H groups in total. The number of hydrogen-bond acceptors (Lipinski definition) is 3. The molecular weight excluding hydrogens is 338 g/mol. The highest BCUT2D eigenvalue weighted by molar-refractivity contribution is 6.55. The van der Waals surface area contributed by atoms with Crippen molar-refractivity contribution in [2.24, 2.45) is 0 Å². The molecule has 0 aromatic heterocycles. The number of benzene rings is 2. The monoisotopic (exact) mass is 355 g/mol. The summed E-state index contributed by atoms with van der Waals surface area (Å²) in [7, 11) is 0. The van der Waals surface area contributed by atoms with Gasteiger partial charge in [-0.1, -0.05) is 54.1 Å². The highest BCUT2D eigenvalue weighted by atomic mass is 35.5. The fourth-order valence-corrected chi connectivity index (χ4v) is 2.97. The van der Waals surface area contributed by atoms with Gasteiger partial charge in [0.15, 0.2) is 0 Å². The number of rotatable bonds is 5. The zero-order valence-electron chi connectivity index (χ0n) is 14.0. The molecule has 0 fully saturated rings. The van der Waals surface area contributed by atoms with Crippen LogP contribution in [0.3, 0.4) is 0 Å². The van der Waals surface area contributed by atoms with Crippen LogP contribution in [-0.4, -0.2) is 22.8 Å². The third kappa shape index (κ3) is 3.59. The van der Waals surface area contributed by atoms with Crippen LogP contribution >= 0.6 is 11.6 Å². The minimum atomic E-state index is -0.465. The second-order valence-corrected chi connectivity index (χ2v) is 6.44. The van der Waals surface area contributed by atoms with E-state index in [1.807, 2.05) is 44.2 Å². The molecule has 0 unspecified atom stereocenters. The van der Waals surface area contributed by atoms with Crippen molar-refractivity contribution in [3.8, 4) is 5.75 Å². The Morgan fingerprint density at radius 1 is 0.960 bits per heavy atom. The Hall–Kier alpha value is -2.59. The summed E-state index contributed by atoms with van der Waals surface area (Å²) in [5.41, 5.74) is 1.71. The van der Waals surface area contributed by atoms with Crippen molar-refractivity contribution in [3.05, 3.63) is 70.8 Å². The number of imide groups is 1. The molecule has 2 aromatic carbocycles. The average molecular weight is 356 g/mol. The van der Waals surface area contributed by atoms with Gasteiger partial charge in [0.05, 0.1) is 18.2 Å². The van der Waals surface area contributed by atoms with Gasteiger partial charge in [-0.25, -0.2) is 0 Å². The van der Waals surface area contributed by atoms with Gasteiger partial charge in [-0.2, -0.15) is 0 Å². The van der Waals surface area contributed by atoms with Crippen LogP contribution in [0.1, 0.15) is 25.0 Å². The predicted molar refractivity (Wildman–Crippen MR) is 97.0 cm³/mol. The quantitative estimate of drug-likeness (QED) is 0.762. The van der Waals surface area contributed by atoms with Crippen LogP contribution in [0.2, 0.25) is 0 Å². The molecule has 0 saturated heterocycles. The van der Waals surface area contributed by atoms with E-state index < -0.39 is 5.91 Å². The summed E-state index contributed by atoms with van der Waals surface area (Å²) in [6, 6.07) is 16.4. The summed E-state index contributed by atoms with van der Waals surface area (Å²) < 4.78 is 5.60. The van der Waals surface area contributed by atoms with Crippen LogP contribution in [0, 0.1) is 0 Å². The summed E-state index contributed by atoms with van der Waals surface area (Å²) in [4.78, 5) is 26.3. The Morgan fingerprint density at radius 2 is 1.60 bits per heavy atom. The van der Waals surface area contributed by atoms with Crippen molar-refractivity contribution in [2.75, 3.05) is 0 Å². The number of nitrogens with zero attached hydrogens (tertiary/aromatic N) is 1. The molecule has 2 aromatic rings. The second-order valence-electron chi connectivity index (χ2n) is 6.06. The first kappa shape index (κ1) is 17.2. The number of carbonyl (C=O) groups excluding carboxylic acids is 2. The summed E-state index contributed by atoms with van der Waals surface area (Å²) in [6.45, 7) is 4.08. The van der Waals surface area contributed by atoms with Crippen LogP contribution in [0.15, 0.2) is 59.6 Å². The lowest BCUT2D eigenvalue weighted by atomic mass is 10.1. The first-order valence-corrected chi connectivity index (χ1v) is 8.42. The van der Waals surface area contributed by atoms with E-state index in [0.29, 0.717) is 11.3 Å². The Balaban J connectivity index is 1.84. The predicted octanol–water partition coefficient (Wildman–Crippen LogP) is 3.99. The van der Waals surface area contributed by atoms with Crippen LogP contribution in [-0.2, 0) is 16.1 Å². The summed E-state index contributed by atoms with van der Waals surface area (Å²) >= 11 is 6.18. The summed E-state index contributed by atoms with van der Waals surface area (Å²) in [5.74, 6) is -0.141. The Bertz CT molecular complexity index is 826. The topological polar surface area (TPSA) is 46.6 Å². The number of carbonyl (C=O) groups is 2. The van der Waals surface area contributed by atoms with Crippen molar-refractivity contribution in [1.82, 2.24) is 4.90 Å². The number of amides is 2. The lowest BCUT2D eigenvalue weighted by Gasteiger charge is -2.15. The standard InChI is InChI=1S/C20H18ClNO3/c1-13(2)25-16-10-8-15(9-11-16)17-18(21)20(24)22(19(17)23)12-14-6-4-3-5-7-14/h3-11,13H,12H2,1-2H3. The highest BCUT2D eigenvalue weighted by Gasteiger charge is 2.38. The maximum Gasteiger partial charge on any atom is 0.273 e. The van der Waals surface area contributed by atoms with E-state index >= 15 is 0 Å². The molecule has 1 aliphatic rings. The van der Waals surface area contributed by atoms with Gasteiger partial charge in [0, 0.05) is 0 Å². The highest BCUT2D eigenvalue weighted by Crippen LogP contribution is 2.33.